The van der Waals surface area contributed by atoms with Crippen molar-refractivity contribution in [3.63, 3.8) is 0 Å². The van der Waals surface area contributed by atoms with Crippen molar-refractivity contribution in [1.82, 2.24) is 4.98 Å². The highest BCUT2D eigenvalue weighted by Gasteiger charge is 2.47. The molecule has 0 unspecified atom stereocenters. The summed E-state index contributed by atoms with van der Waals surface area (Å²) in [5.74, 6) is 1.38. The van der Waals surface area contributed by atoms with Crippen LogP contribution < -0.4 is 10.1 Å². The van der Waals surface area contributed by atoms with E-state index in [4.69, 9.17) is 4.74 Å². The molecule has 1 aliphatic heterocycles. The molecule has 4 nitrogen and oxygen atoms in total. The molecule has 2 aliphatic rings. The lowest BCUT2D eigenvalue weighted by Crippen LogP contribution is -2.21. The number of anilines is 1. The molecule has 106 valence electrons. The third-order valence-corrected chi connectivity index (χ3v) is 4.41. The highest BCUT2D eigenvalue weighted by Crippen LogP contribution is 2.55. The Labute approximate surface area is 123 Å². The van der Waals surface area contributed by atoms with Gasteiger partial charge in [-0.3, -0.25) is 4.79 Å². The van der Waals surface area contributed by atoms with Crippen molar-refractivity contribution < 1.29 is 9.53 Å². The zero-order valence-corrected chi connectivity index (χ0v) is 11.6. The van der Waals surface area contributed by atoms with Gasteiger partial charge in [-0.15, -0.1) is 0 Å². The predicted molar refractivity (Wildman–Crippen MR) is 79.7 cm³/mol. The number of hydrogen-bond acceptors (Lipinski definition) is 3. The largest absolute Gasteiger partial charge is 0.493 e. The molecular weight excluding hydrogens is 264 g/mol. The van der Waals surface area contributed by atoms with Gasteiger partial charge in [0, 0.05) is 22.7 Å². The lowest BCUT2D eigenvalue weighted by molar-refractivity contribution is 0.102. The third kappa shape index (κ3) is 2.17. The number of rotatable bonds is 2. The number of hydrogen-bond donors (Lipinski definition) is 1. The summed E-state index contributed by atoms with van der Waals surface area (Å²) in [6, 6.07) is 11.2. The Kier molecular flexibility index (Phi) is 2.70. The van der Waals surface area contributed by atoms with Crippen molar-refractivity contribution in [3.8, 4) is 5.75 Å². The Morgan fingerprint density at radius 1 is 1.19 bits per heavy atom. The van der Waals surface area contributed by atoms with Crippen LogP contribution in [0, 0.1) is 0 Å². The number of nitrogens with one attached hydrogen (secondary N) is 1. The summed E-state index contributed by atoms with van der Waals surface area (Å²) in [5.41, 5.74) is 2.13. The first-order chi connectivity index (χ1) is 10.3. The fraction of sp³-hybridized carbons (Fsp3) is 0.294. The highest BCUT2D eigenvalue weighted by molar-refractivity contribution is 6.04. The van der Waals surface area contributed by atoms with Gasteiger partial charge in [0.2, 0.25) is 0 Å². The Morgan fingerprint density at radius 3 is 2.86 bits per heavy atom. The maximum absolute atomic E-state index is 12.3. The average Bonchev–Trinajstić information content (AvgIpc) is 3.29. The summed E-state index contributed by atoms with van der Waals surface area (Å²) in [5, 5.41) is 2.82. The van der Waals surface area contributed by atoms with Crippen LogP contribution in [0.4, 0.5) is 5.82 Å². The monoisotopic (exact) mass is 280 g/mol. The molecule has 1 spiro atoms. The smallest absolute Gasteiger partial charge is 0.256 e. The van der Waals surface area contributed by atoms with Gasteiger partial charge in [0.25, 0.3) is 5.91 Å². The Balaban J connectivity index is 1.63. The van der Waals surface area contributed by atoms with Crippen LogP contribution in [0.5, 0.6) is 5.75 Å². The van der Waals surface area contributed by atoms with Gasteiger partial charge in [-0.1, -0.05) is 6.07 Å². The second-order valence-electron chi connectivity index (χ2n) is 5.76. The van der Waals surface area contributed by atoms with E-state index in [-0.39, 0.29) is 11.3 Å². The number of carbonyl (C=O) groups excluding carboxylic acids is 1. The van der Waals surface area contributed by atoms with Crippen molar-refractivity contribution >= 4 is 11.7 Å². The summed E-state index contributed by atoms with van der Waals surface area (Å²) >= 11 is 0. The molecule has 2 aromatic rings. The molecule has 1 fully saturated rings. The number of amides is 1. The Morgan fingerprint density at radius 2 is 2.10 bits per heavy atom. The second-order valence-corrected chi connectivity index (χ2v) is 5.76. The molecule has 1 saturated carbocycles. The van der Waals surface area contributed by atoms with Gasteiger partial charge in [0.15, 0.2) is 0 Å². The summed E-state index contributed by atoms with van der Waals surface area (Å²) in [7, 11) is 0. The fourth-order valence-electron chi connectivity index (χ4n) is 3.00. The number of carbonyl (C=O) groups is 1. The van der Waals surface area contributed by atoms with Crippen LogP contribution in [0.25, 0.3) is 0 Å². The van der Waals surface area contributed by atoms with E-state index in [1.807, 2.05) is 30.3 Å². The lowest BCUT2D eigenvalue weighted by Gasteiger charge is -2.26. The van der Waals surface area contributed by atoms with Crippen LogP contribution >= 0.6 is 0 Å². The van der Waals surface area contributed by atoms with E-state index in [9.17, 15) is 4.79 Å². The molecular formula is C17H16N2O2. The zero-order valence-electron chi connectivity index (χ0n) is 11.6. The van der Waals surface area contributed by atoms with Crippen LogP contribution in [0.1, 0.15) is 35.2 Å². The first kappa shape index (κ1) is 12.4. The van der Waals surface area contributed by atoms with Gasteiger partial charge in [0.1, 0.15) is 11.6 Å². The molecule has 4 rings (SSSR count). The van der Waals surface area contributed by atoms with Crippen LogP contribution in [0.15, 0.2) is 42.6 Å². The maximum atomic E-state index is 12.3. The standard InChI is InChI=1S/C17H16N2O2/c20-16(19-15-3-1-2-9-18-15)12-4-5-14-13(11-12)17(6-7-17)8-10-21-14/h1-5,9,11H,6-8,10H2,(H,18,19,20). The molecule has 1 aliphatic carbocycles. The van der Waals surface area contributed by atoms with Crippen molar-refractivity contribution in [2.75, 3.05) is 11.9 Å². The first-order valence-corrected chi connectivity index (χ1v) is 7.27. The van der Waals surface area contributed by atoms with Crippen molar-refractivity contribution in [2.45, 2.75) is 24.7 Å². The number of pyridine rings is 1. The van der Waals surface area contributed by atoms with Gasteiger partial charge in [-0.25, -0.2) is 4.98 Å². The number of nitrogens with zero attached hydrogens (tertiary/aromatic N) is 1. The van der Waals surface area contributed by atoms with E-state index >= 15 is 0 Å². The molecule has 2 heterocycles. The van der Waals surface area contributed by atoms with Crippen LogP contribution in [-0.2, 0) is 5.41 Å². The molecule has 0 bridgehead atoms. The van der Waals surface area contributed by atoms with Gasteiger partial charge in [-0.05, 0) is 49.6 Å². The number of aromatic nitrogens is 1. The molecule has 1 aromatic carbocycles. The molecule has 0 atom stereocenters. The second kappa shape index (κ2) is 4.58. The van der Waals surface area contributed by atoms with Crippen molar-refractivity contribution in [3.05, 3.63) is 53.7 Å². The minimum Gasteiger partial charge on any atom is -0.493 e. The molecule has 4 heteroatoms. The summed E-state index contributed by atoms with van der Waals surface area (Å²) in [6.07, 6.45) is 5.13. The molecule has 1 aromatic heterocycles. The normalized spacial score (nSPS) is 17.7. The highest BCUT2D eigenvalue weighted by atomic mass is 16.5. The van der Waals surface area contributed by atoms with Crippen molar-refractivity contribution in [1.29, 1.82) is 0 Å². The molecule has 1 N–H and O–H groups in total. The van der Waals surface area contributed by atoms with E-state index in [0.29, 0.717) is 11.4 Å². The minimum absolute atomic E-state index is 0.127. The van der Waals surface area contributed by atoms with Gasteiger partial charge in [0.05, 0.1) is 6.61 Å². The van der Waals surface area contributed by atoms with Gasteiger partial charge >= 0.3 is 0 Å². The van der Waals surface area contributed by atoms with Crippen LogP contribution in [-0.4, -0.2) is 17.5 Å². The van der Waals surface area contributed by atoms with E-state index in [2.05, 4.69) is 10.3 Å². The fourth-order valence-corrected chi connectivity index (χ4v) is 3.00. The lowest BCUT2D eigenvalue weighted by atomic mass is 9.88. The summed E-state index contributed by atoms with van der Waals surface area (Å²) < 4.78 is 5.71. The van der Waals surface area contributed by atoms with Crippen LogP contribution in [0.3, 0.4) is 0 Å². The van der Waals surface area contributed by atoms with E-state index in [0.717, 1.165) is 18.8 Å². The predicted octanol–water partition coefficient (Wildman–Crippen LogP) is 3.15. The van der Waals surface area contributed by atoms with E-state index < -0.39 is 0 Å². The van der Waals surface area contributed by atoms with Gasteiger partial charge in [-0.2, -0.15) is 0 Å². The maximum Gasteiger partial charge on any atom is 0.256 e. The molecule has 0 saturated heterocycles. The molecule has 1 amide bonds. The molecule has 21 heavy (non-hydrogen) atoms. The van der Waals surface area contributed by atoms with Crippen LogP contribution in [0.2, 0.25) is 0 Å². The number of fused-ring (bicyclic) bond motifs is 2. The quantitative estimate of drug-likeness (QED) is 0.919. The average molecular weight is 280 g/mol. The number of ether oxygens (including phenoxy) is 1. The number of benzene rings is 1. The molecule has 0 radical (unpaired) electrons. The zero-order chi connectivity index (χ0) is 14.3. The van der Waals surface area contributed by atoms with E-state index in [1.165, 1.54) is 18.4 Å². The Hall–Kier alpha value is -2.36. The third-order valence-electron chi connectivity index (χ3n) is 4.41. The minimum atomic E-state index is -0.127. The van der Waals surface area contributed by atoms with E-state index in [1.54, 1.807) is 12.3 Å². The topological polar surface area (TPSA) is 51.2 Å². The Bertz CT molecular complexity index is 693. The SMILES string of the molecule is O=C(Nc1ccccn1)c1ccc2c(c1)C1(CCO2)CC1. The summed E-state index contributed by atoms with van der Waals surface area (Å²) in [4.78, 5) is 16.5. The first-order valence-electron chi connectivity index (χ1n) is 7.27. The van der Waals surface area contributed by atoms with Gasteiger partial charge < -0.3 is 10.1 Å². The summed E-state index contributed by atoms with van der Waals surface area (Å²) in [6.45, 7) is 0.784. The van der Waals surface area contributed by atoms with Crippen molar-refractivity contribution in [2.24, 2.45) is 0 Å².